The Morgan fingerprint density at radius 2 is 2.00 bits per heavy atom. The molecule has 2 aromatic rings. The van der Waals surface area contributed by atoms with Crippen molar-refractivity contribution >= 4 is 28.8 Å². The highest BCUT2D eigenvalue weighted by atomic mass is 32.1. The fourth-order valence-corrected chi connectivity index (χ4v) is 2.69. The molecule has 130 valence electrons. The van der Waals surface area contributed by atoms with Crippen LogP contribution >= 0.6 is 11.3 Å². The quantitative estimate of drug-likeness (QED) is 0.629. The summed E-state index contributed by atoms with van der Waals surface area (Å²) >= 11 is 1.43. The standard InChI is InChI=1S/C17H17FN4O2S/c18-14-2-1-3-15(13(14)10-19)20-7-8-21-16(23)4-6-22-17(24)12-5-9-25-11-12/h1-3,5,9,11,20H,4,6-8H2,(H,21,23)(H,22,24). The molecule has 1 heterocycles. The van der Waals surface area contributed by atoms with Crippen LogP contribution in [0.1, 0.15) is 22.3 Å². The Bertz CT molecular complexity index is 771. The number of carbonyl (C=O) groups is 2. The van der Waals surface area contributed by atoms with E-state index in [1.807, 2.05) is 5.38 Å². The predicted octanol–water partition coefficient (Wildman–Crippen LogP) is 2.11. The first-order valence-electron chi connectivity index (χ1n) is 7.61. The summed E-state index contributed by atoms with van der Waals surface area (Å²) in [6.07, 6.45) is 0.166. The summed E-state index contributed by atoms with van der Waals surface area (Å²) in [7, 11) is 0. The fourth-order valence-electron chi connectivity index (χ4n) is 2.06. The number of nitriles is 1. The van der Waals surface area contributed by atoms with E-state index < -0.39 is 5.82 Å². The number of anilines is 1. The van der Waals surface area contributed by atoms with Gasteiger partial charge in [0, 0.05) is 37.0 Å². The molecule has 0 unspecified atom stereocenters. The fraction of sp³-hybridized carbons (Fsp3) is 0.235. The zero-order valence-corrected chi connectivity index (χ0v) is 14.2. The first kappa shape index (κ1) is 18.4. The molecule has 0 aliphatic rings. The number of nitrogens with one attached hydrogen (secondary N) is 3. The number of hydrogen-bond acceptors (Lipinski definition) is 5. The summed E-state index contributed by atoms with van der Waals surface area (Å²) in [6.45, 7) is 0.917. The Morgan fingerprint density at radius 1 is 1.16 bits per heavy atom. The molecule has 8 heteroatoms. The topological polar surface area (TPSA) is 94.0 Å². The number of rotatable bonds is 8. The number of hydrogen-bond donors (Lipinski definition) is 3. The van der Waals surface area contributed by atoms with E-state index in [-0.39, 0.29) is 30.3 Å². The maximum Gasteiger partial charge on any atom is 0.252 e. The minimum atomic E-state index is -0.585. The Balaban J connectivity index is 1.64. The number of nitrogens with zero attached hydrogens (tertiary/aromatic N) is 1. The predicted molar refractivity (Wildman–Crippen MR) is 93.9 cm³/mol. The molecule has 0 fully saturated rings. The Labute approximate surface area is 148 Å². The van der Waals surface area contributed by atoms with Gasteiger partial charge in [-0.1, -0.05) is 6.07 Å². The summed E-state index contributed by atoms with van der Waals surface area (Å²) < 4.78 is 13.4. The summed E-state index contributed by atoms with van der Waals surface area (Å²) in [4.78, 5) is 23.4. The molecule has 0 aliphatic carbocycles. The van der Waals surface area contributed by atoms with Gasteiger partial charge in [0.1, 0.15) is 17.4 Å². The van der Waals surface area contributed by atoms with Crippen molar-refractivity contribution in [2.24, 2.45) is 0 Å². The summed E-state index contributed by atoms with van der Waals surface area (Å²) in [5.74, 6) is -0.990. The molecule has 2 amide bonds. The lowest BCUT2D eigenvalue weighted by atomic mass is 10.2. The van der Waals surface area contributed by atoms with Gasteiger partial charge in [0.05, 0.1) is 5.69 Å². The SMILES string of the molecule is N#Cc1c(F)cccc1NCCNC(=O)CCNC(=O)c1ccsc1. The van der Waals surface area contributed by atoms with Crippen LogP contribution in [0, 0.1) is 17.1 Å². The molecule has 0 saturated carbocycles. The van der Waals surface area contributed by atoms with Crippen molar-refractivity contribution in [1.29, 1.82) is 5.26 Å². The molecular weight excluding hydrogens is 343 g/mol. The van der Waals surface area contributed by atoms with E-state index in [1.165, 1.54) is 23.5 Å². The average Bonchev–Trinajstić information content (AvgIpc) is 3.13. The first-order valence-corrected chi connectivity index (χ1v) is 8.55. The second-order valence-corrected chi connectivity index (χ2v) is 5.85. The van der Waals surface area contributed by atoms with Crippen LogP contribution in [-0.4, -0.2) is 31.4 Å². The Hall–Kier alpha value is -2.92. The van der Waals surface area contributed by atoms with Crippen molar-refractivity contribution in [3.05, 3.63) is 52.0 Å². The van der Waals surface area contributed by atoms with Gasteiger partial charge in [-0.25, -0.2) is 4.39 Å². The van der Waals surface area contributed by atoms with Gasteiger partial charge in [-0.3, -0.25) is 9.59 Å². The van der Waals surface area contributed by atoms with Crippen molar-refractivity contribution < 1.29 is 14.0 Å². The van der Waals surface area contributed by atoms with Crippen LogP contribution in [0.5, 0.6) is 0 Å². The van der Waals surface area contributed by atoms with Gasteiger partial charge < -0.3 is 16.0 Å². The average molecular weight is 360 g/mol. The third-order valence-electron chi connectivity index (χ3n) is 3.31. The van der Waals surface area contributed by atoms with Gasteiger partial charge in [-0.05, 0) is 23.6 Å². The molecule has 0 bridgehead atoms. The maximum atomic E-state index is 13.4. The molecule has 0 atom stereocenters. The van der Waals surface area contributed by atoms with E-state index in [0.29, 0.717) is 24.3 Å². The second kappa shape index (κ2) is 9.39. The highest BCUT2D eigenvalue weighted by Crippen LogP contribution is 2.17. The maximum absolute atomic E-state index is 13.4. The number of carbonyl (C=O) groups excluding carboxylic acids is 2. The third-order valence-corrected chi connectivity index (χ3v) is 3.99. The highest BCUT2D eigenvalue weighted by molar-refractivity contribution is 7.08. The van der Waals surface area contributed by atoms with Crippen LogP contribution in [-0.2, 0) is 4.79 Å². The van der Waals surface area contributed by atoms with Crippen LogP contribution < -0.4 is 16.0 Å². The molecular formula is C17H17FN4O2S. The highest BCUT2D eigenvalue weighted by Gasteiger charge is 2.08. The van der Waals surface area contributed by atoms with Crippen molar-refractivity contribution in [2.75, 3.05) is 25.0 Å². The molecule has 25 heavy (non-hydrogen) atoms. The molecule has 2 rings (SSSR count). The molecule has 6 nitrogen and oxygen atoms in total. The number of benzene rings is 1. The van der Waals surface area contributed by atoms with Gasteiger partial charge in [0.25, 0.3) is 5.91 Å². The van der Waals surface area contributed by atoms with Crippen molar-refractivity contribution in [3.63, 3.8) is 0 Å². The van der Waals surface area contributed by atoms with Crippen LogP contribution in [0.3, 0.4) is 0 Å². The summed E-state index contributed by atoms with van der Waals surface area (Å²) in [5, 5.41) is 20.7. The van der Waals surface area contributed by atoms with Crippen LogP contribution in [0.15, 0.2) is 35.0 Å². The Kier molecular flexibility index (Phi) is 6.92. The summed E-state index contributed by atoms with van der Waals surface area (Å²) in [6, 6.07) is 7.84. The largest absolute Gasteiger partial charge is 0.382 e. The molecule has 0 radical (unpaired) electrons. The molecule has 0 spiro atoms. The van der Waals surface area contributed by atoms with E-state index in [4.69, 9.17) is 5.26 Å². The normalized spacial score (nSPS) is 9.92. The van der Waals surface area contributed by atoms with E-state index in [9.17, 15) is 14.0 Å². The van der Waals surface area contributed by atoms with Gasteiger partial charge in [0.2, 0.25) is 5.91 Å². The first-order chi connectivity index (χ1) is 12.1. The van der Waals surface area contributed by atoms with Crippen molar-refractivity contribution in [2.45, 2.75) is 6.42 Å². The molecule has 3 N–H and O–H groups in total. The van der Waals surface area contributed by atoms with Crippen molar-refractivity contribution in [3.8, 4) is 6.07 Å². The lowest BCUT2D eigenvalue weighted by Crippen LogP contribution is -2.33. The number of thiophene rings is 1. The van der Waals surface area contributed by atoms with Crippen LogP contribution in [0.2, 0.25) is 0 Å². The van der Waals surface area contributed by atoms with E-state index in [2.05, 4.69) is 16.0 Å². The number of halogens is 1. The van der Waals surface area contributed by atoms with Gasteiger partial charge >= 0.3 is 0 Å². The molecule has 1 aromatic carbocycles. The molecule has 1 aromatic heterocycles. The van der Waals surface area contributed by atoms with Crippen LogP contribution in [0.25, 0.3) is 0 Å². The van der Waals surface area contributed by atoms with Gasteiger partial charge in [-0.15, -0.1) is 0 Å². The molecule has 0 saturated heterocycles. The zero-order chi connectivity index (χ0) is 18.1. The molecule has 0 aliphatic heterocycles. The minimum absolute atomic E-state index is 0.0510. The van der Waals surface area contributed by atoms with Gasteiger partial charge in [0.15, 0.2) is 0 Å². The smallest absolute Gasteiger partial charge is 0.252 e. The zero-order valence-electron chi connectivity index (χ0n) is 13.3. The lowest BCUT2D eigenvalue weighted by molar-refractivity contribution is -0.120. The minimum Gasteiger partial charge on any atom is -0.382 e. The van der Waals surface area contributed by atoms with Gasteiger partial charge in [-0.2, -0.15) is 16.6 Å². The van der Waals surface area contributed by atoms with Crippen molar-refractivity contribution in [1.82, 2.24) is 10.6 Å². The third kappa shape index (κ3) is 5.58. The Morgan fingerprint density at radius 3 is 2.72 bits per heavy atom. The second-order valence-electron chi connectivity index (χ2n) is 5.07. The number of amides is 2. The van der Waals surface area contributed by atoms with E-state index in [1.54, 1.807) is 23.6 Å². The summed E-state index contributed by atoms with van der Waals surface area (Å²) in [5.41, 5.74) is 0.919. The van der Waals surface area contributed by atoms with Crippen LogP contribution in [0.4, 0.5) is 10.1 Å². The lowest BCUT2D eigenvalue weighted by Gasteiger charge is -2.10. The van der Waals surface area contributed by atoms with E-state index >= 15 is 0 Å². The van der Waals surface area contributed by atoms with E-state index in [0.717, 1.165) is 0 Å². The monoisotopic (exact) mass is 360 g/mol.